The molecule has 0 aromatic heterocycles. The molecule has 1 aliphatic rings. The van der Waals surface area contributed by atoms with Gasteiger partial charge in [-0.25, -0.2) is 4.79 Å². The number of carboxylic acids is 1. The maximum absolute atomic E-state index is 12.1. The molecule has 1 aromatic carbocycles. The van der Waals surface area contributed by atoms with Gasteiger partial charge < -0.3 is 20.1 Å². The molecule has 0 unspecified atom stereocenters. The quantitative estimate of drug-likeness (QED) is 0.861. The molecular weight excluding hydrogens is 328 g/mol. The van der Waals surface area contributed by atoms with Gasteiger partial charge in [0.25, 0.3) is 0 Å². The van der Waals surface area contributed by atoms with Gasteiger partial charge in [-0.2, -0.15) is 0 Å². The lowest BCUT2D eigenvalue weighted by molar-refractivity contribution is -0.137. The molecule has 6 nitrogen and oxygen atoms in total. The zero-order chi connectivity index (χ0) is 14.7. The normalized spacial score (nSPS) is 13.7. The molecule has 1 saturated carbocycles. The lowest BCUT2D eigenvalue weighted by Crippen LogP contribution is -2.40. The lowest BCUT2D eigenvalue weighted by Gasteiger charge is -2.21. The van der Waals surface area contributed by atoms with Crippen LogP contribution in [0.2, 0.25) is 0 Å². The Morgan fingerprint density at radius 1 is 1.50 bits per heavy atom. The van der Waals surface area contributed by atoms with E-state index in [9.17, 15) is 9.59 Å². The smallest absolute Gasteiger partial charge is 0.323 e. The fourth-order valence-corrected chi connectivity index (χ4v) is 2.24. The number of urea groups is 1. The third-order valence-electron chi connectivity index (χ3n) is 2.96. The van der Waals surface area contributed by atoms with Crippen molar-refractivity contribution >= 4 is 33.6 Å². The number of rotatable bonds is 5. The second kappa shape index (κ2) is 6.13. The van der Waals surface area contributed by atoms with Crippen molar-refractivity contribution in [3.63, 3.8) is 0 Å². The van der Waals surface area contributed by atoms with E-state index in [1.54, 1.807) is 18.2 Å². The lowest BCUT2D eigenvalue weighted by atomic mass is 10.3. The summed E-state index contributed by atoms with van der Waals surface area (Å²) in [5, 5.41) is 11.5. The fourth-order valence-electron chi connectivity index (χ4n) is 1.83. The third-order valence-corrected chi connectivity index (χ3v) is 3.61. The van der Waals surface area contributed by atoms with Crippen LogP contribution in [0.5, 0.6) is 5.75 Å². The minimum atomic E-state index is -1.01. The number of methoxy groups -OCH3 is 1. The maximum Gasteiger partial charge on any atom is 0.323 e. The molecule has 108 valence electrons. The van der Waals surface area contributed by atoms with Crippen LogP contribution in [0.3, 0.4) is 0 Å². The third kappa shape index (κ3) is 3.63. The van der Waals surface area contributed by atoms with Crippen LogP contribution in [-0.4, -0.2) is 41.7 Å². The Labute approximate surface area is 124 Å². The topological polar surface area (TPSA) is 78.9 Å². The molecule has 2 N–H and O–H groups in total. The number of hydrogen-bond acceptors (Lipinski definition) is 3. The molecule has 0 bridgehead atoms. The minimum absolute atomic E-state index is 0.0310. The minimum Gasteiger partial charge on any atom is -0.495 e. The van der Waals surface area contributed by atoms with E-state index in [1.807, 2.05) is 0 Å². The number of carbonyl (C=O) groups excluding carboxylic acids is 1. The van der Waals surface area contributed by atoms with Crippen LogP contribution in [0.4, 0.5) is 10.5 Å². The van der Waals surface area contributed by atoms with Gasteiger partial charge >= 0.3 is 12.0 Å². The summed E-state index contributed by atoms with van der Waals surface area (Å²) in [5.41, 5.74) is 0.561. The van der Waals surface area contributed by atoms with Crippen molar-refractivity contribution in [2.45, 2.75) is 18.9 Å². The standard InChI is InChI=1S/C13H15BrN2O4/c1-20-11-6-8(2-5-10(11)14)15-13(19)16(7-12(17)18)9-3-4-9/h2,5-6,9H,3-4,7H2,1H3,(H,15,19)(H,17,18). The number of carbonyl (C=O) groups is 2. The molecule has 1 aliphatic carbocycles. The Balaban J connectivity index is 2.07. The Kier molecular flexibility index (Phi) is 4.49. The molecule has 0 saturated heterocycles. The number of carboxylic acid groups (broad SMARTS) is 1. The van der Waals surface area contributed by atoms with E-state index in [-0.39, 0.29) is 12.6 Å². The van der Waals surface area contributed by atoms with Crippen molar-refractivity contribution < 1.29 is 19.4 Å². The molecule has 20 heavy (non-hydrogen) atoms. The van der Waals surface area contributed by atoms with Crippen LogP contribution >= 0.6 is 15.9 Å². The number of halogens is 1. The Bertz CT molecular complexity index is 531. The average Bonchev–Trinajstić information content (AvgIpc) is 3.22. The molecule has 0 spiro atoms. The van der Waals surface area contributed by atoms with Gasteiger partial charge in [0.05, 0.1) is 11.6 Å². The second-order valence-corrected chi connectivity index (χ2v) is 5.39. The largest absolute Gasteiger partial charge is 0.495 e. The molecule has 0 aliphatic heterocycles. The van der Waals surface area contributed by atoms with Gasteiger partial charge in [-0.3, -0.25) is 4.79 Å². The van der Waals surface area contributed by atoms with Crippen LogP contribution in [0.1, 0.15) is 12.8 Å². The highest BCUT2D eigenvalue weighted by Crippen LogP contribution is 2.30. The molecule has 1 fully saturated rings. The summed E-state index contributed by atoms with van der Waals surface area (Å²) in [7, 11) is 1.53. The zero-order valence-electron chi connectivity index (χ0n) is 10.9. The summed E-state index contributed by atoms with van der Waals surface area (Å²) in [5.74, 6) is -0.417. The van der Waals surface area contributed by atoms with Crippen molar-refractivity contribution in [3.05, 3.63) is 22.7 Å². The van der Waals surface area contributed by atoms with Crippen molar-refractivity contribution in [2.75, 3.05) is 19.0 Å². The van der Waals surface area contributed by atoms with E-state index in [2.05, 4.69) is 21.2 Å². The zero-order valence-corrected chi connectivity index (χ0v) is 12.5. The van der Waals surface area contributed by atoms with Gasteiger partial charge in [0.2, 0.25) is 0 Å². The molecule has 0 atom stereocenters. The summed E-state index contributed by atoms with van der Waals surface area (Å²) in [6.07, 6.45) is 1.70. The Morgan fingerprint density at radius 2 is 2.20 bits per heavy atom. The number of ether oxygens (including phenoxy) is 1. The average molecular weight is 343 g/mol. The SMILES string of the molecule is COc1cc(NC(=O)N(CC(=O)O)C2CC2)ccc1Br. The molecule has 2 rings (SSSR count). The van der Waals surface area contributed by atoms with Gasteiger partial charge in [-0.15, -0.1) is 0 Å². The number of nitrogens with zero attached hydrogens (tertiary/aromatic N) is 1. The number of amides is 2. The number of benzene rings is 1. The van der Waals surface area contributed by atoms with Crippen molar-refractivity contribution in [2.24, 2.45) is 0 Å². The van der Waals surface area contributed by atoms with E-state index < -0.39 is 12.0 Å². The van der Waals surface area contributed by atoms with Crippen LogP contribution in [0, 0.1) is 0 Å². The van der Waals surface area contributed by atoms with Crippen LogP contribution in [0.15, 0.2) is 22.7 Å². The van der Waals surface area contributed by atoms with Crippen molar-refractivity contribution in [1.29, 1.82) is 0 Å². The molecular formula is C13H15BrN2O4. The summed E-state index contributed by atoms with van der Waals surface area (Å²) in [4.78, 5) is 24.3. The summed E-state index contributed by atoms with van der Waals surface area (Å²) < 4.78 is 5.93. The van der Waals surface area contributed by atoms with Gasteiger partial charge in [0.1, 0.15) is 12.3 Å². The molecule has 0 heterocycles. The highest BCUT2D eigenvalue weighted by molar-refractivity contribution is 9.10. The van der Waals surface area contributed by atoms with Gasteiger partial charge in [0, 0.05) is 17.8 Å². The first-order chi connectivity index (χ1) is 9.51. The van der Waals surface area contributed by atoms with E-state index >= 15 is 0 Å². The van der Waals surface area contributed by atoms with Crippen LogP contribution in [-0.2, 0) is 4.79 Å². The van der Waals surface area contributed by atoms with E-state index in [1.165, 1.54) is 12.0 Å². The fraction of sp³-hybridized carbons (Fsp3) is 0.385. The van der Waals surface area contributed by atoms with Gasteiger partial charge in [-0.1, -0.05) is 0 Å². The van der Waals surface area contributed by atoms with Gasteiger partial charge in [-0.05, 0) is 40.9 Å². The molecule has 1 aromatic rings. The number of hydrogen-bond donors (Lipinski definition) is 2. The number of nitrogens with one attached hydrogen (secondary N) is 1. The Hall–Kier alpha value is -1.76. The van der Waals surface area contributed by atoms with Crippen molar-refractivity contribution in [1.82, 2.24) is 4.90 Å². The van der Waals surface area contributed by atoms with E-state index in [4.69, 9.17) is 9.84 Å². The first-order valence-electron chi connectivity index (χ1n) is 6.14. The first kappa shape index (κ1) is 14.6. The Morgan fingerprint density at radius 3 is 2.75 bits per heavy atom. The number of aliphatic carboxylic acids is 1. The molecule has 7 heteroatoms. The molecule has 2 amide bonds. The summed E-state index contributed by atoms with van der Waals surface area (Å²) in [6.45, 7) is -0.288. The highest BCUT2D eigenvalue weighted by atomic mass is 79.9. The highest BCUT2D eigenvalue weighted by Gasteiger charge is 2.33. The summed E-state index contributed by atoms with van der Waals surface area (Å²) in [6, 6.07) is 4.78. The van der Waals surface area contributed by atoms with Crippen molar-refractivity contribution in [3.8, 4) is 5.75 Å². The van der Waals surface area contributed by atoms with E-state index in [0.717, 1.165) is 17.3 Å². The first-order valence-corrected chi connectivity index (χ1v) is 6.93. The van der Waals surface area contributed by atoms with Crippen LogP contribution in [0.25, 0.3) is 0 Å². The van der Waals surface area contributed by atoms with Crippen LogP contribution < -0.4 is 10.1 Å². The maximum atomic E-state index is 12.1. The molecule has 0 radical (unpaired) electrons. The predicted molar refractivity (Wildman–Crippen MR) is 77.1 cm³/mol. The second-order valence-electron chi connectivity index (χ2n) is 4.53. The predicted octanol–water partition coefficient (Wildman–Crippen LogP) is 2.54. The summed E-state index contributed by atoms with van der Waals surface area (Å²) >= 11 is 3.33. The monoisotopic (exact) mass is 342 g/mol. The van der Waals surface area contributed by atoms with Gasteiger partial charge in [0.15, 0.2) is 0 Å². The van der Waals surface area contributed by atoms with E-state index in [0.29, 0.717) is 11.4 Å². The number of anilines is 1.